The molecule has 0 fully saturated rings. The largest absolute Gasteiger partial charge is 0.435 e. The molecule has 1 atom stereocenters. The Morgan fingerprint density at radius 1 is 1.29 bits per heavy atom. The van der Waals surface area contributed by atoms with Gasteiger partial charge in [0.25, 0.3) is 0 Å². The summed E-state index contributed by atoms with van der Waals surface area (Å²) in [4.78, 5) is 0. The van der Waals surface area contributed by atoms with Crippen molar-refractivity contribution in [1.82, 2.24) is 0 Å². The highest BCUT2D eigenvalue weighted by molar-refractivity contribution is 5.31. The molecule has 1 rings (SSSR count). The van der Waals surface area contributed by atoms with Crippen molar-refractivity contribution in [1.29, 1.82) is 0 Å². The van der Waals surface area contributed by atoms with Crippen molar-refractivity contribution in [2.24, 2.45) is 0 Å². The van der Waals surface area contributed by atoms with E-state index >= 15 is 0 Å². The summed E-state index contributed by atoms with van der Waals surface area (Å²) in [5.74, 6) is 2.14. The fourth-order valence-electron chi connectivity index (χ4n) is 0.928. The molecule has 0 bridgehead atoms. The van der Waals surface area contributed by atoms with Gasteiger partial charge in [-0.3, -0.25) is 0 Å². The molecule has 0 aliphatic carbocycles. The highest BCUT2D eigenvalue weighted by Crippen LogP contribution is 2.18. The van der Waals surface area contributed by atoms with Gasteiger partial charge in [0.1, 0.15) is 11.9 Å². The van der Waals surface area contributed by atoms with Crippen LogP contribution in [0.4, 0.5) is 8.78 Å². The summed E-state index contributed by atoms with van der Waals surface area (Å²) in [5.41, 5.74) is 0.467. The molecule has 0 heterocycles. The van der Waals surface area contributed by atoms with Gasteiger partial charge in [-0.15, -0.1) is 6.42 Å². The maximum atomic E-state index is 11.7. The number of hydrogen-bond acceptors (Lipinski definition) is 2. The average Bonchev–Trinajstić information content (AvgIpc) is 2.17. The average molecular weight is 198 g/mol. The molecule has 1 unspecified atom stereocenters. The minimum absolute atomic E-state index is 0.0352. The minimum Gasteiger partial charge on any atom is -0.435 e. The Balaban J connectivity index is 2.74. The van der Waals surface area contributed by atoms with Crippen LogP contribution in [0.5, 0.6) is 5.75 Å². The van der Waals surface area contributed by atoms with E-state index < -0.39 is 12.7 Å². The predicted molar refractivity (Wildman–Crippen MR) is 46.9 cm³/mol. The number of aliphatic hydroxyl groups excluding tert-OH is 1. The first kappa shape index (κ1) is 10.5. The molecule has 0 saturated heterocycles. The first-order valence-electron chi connectivity index (χ1n) is 3.82. The van der Waals surface area contributed by atoms with Gasteiger partial charge in [-0.2, -0.15) is 8.78 Å². The molecule has 1 aromatic carbocycles. The molecule has 0 radical (unpaired) electrons. The Morgan fingerprint density at radius 3 is 2.29 bits per heavy atom. The van der Waals surface area contributed by atoms with E-state index in [1.54, 1.807) is 0 Å². The second-order valence-electron chi connectivity index (χ2n) is 2.52. The second kappa shape index (κ2) is 4.58. The van der Waals surface area contributed by atoms with Crippen LogP contribution in [0.15, 0.2) is 24.3 Å². The normalized spacial score (nSPS) is 12.2. The van der Waals surface area contributed by atoms with Gasteiger partial charge in [0.15, 0.2) is 0 Å². The lowest BCUT2D eigenvalue weighted by molar-refractivity contribution is -0.0498. The zero-order valence-corrected chi connectivity index (χ0v) is 7.15. The van der Waals surface area contributed by atoms with Crippen LogP contribution in [0.2, 0.25) is 0 Å². The summed E-state index contributed by atoms with van der Waals surface area (Å²) in [5, 5.41) is 9.18. The molecule has 0 aliphatic heterocycles. The maximum absolute atomic E-state index is 11.7. The quantitative estimate of drug-likeness (QED) is 0.752. The summed E-state index contributed by atoms with van der Waals surface area (Å²) >= 11 is 0. The number of halogens is 2. The third kappa shape index (κ3) is 2.71. The highest BCUT2D eigenvalue weighted by Gasteiger charge is 2.06. The summed E-state index contributed by atoms with van der Waals surface area (Å²) in [7, 11) is 0. The molecule has 4 heteroatoms. The molecule has 0 aromatic heterocycles. The zero-order valence-electron chi connectivity index (χ0n) is 7.15. The lowest BCUT2D eigenvalue weighted by Crippen LogP contribution is -2.02. The van der Waals surface area contributed by atoms with Crippen molar-refractivity contribution in [3.63, 3.8) is 0 Å². The molecule has 2 nitrogen and oxygen atoms in total. The van der Waals surface area contributed by atoms with Crippen LogP contribution in [-0.2, 0) is 0 Å². The van der Waals surface area contributed by atoms with Gasteiger partial charge < -0.3 is 9.84 Å². The van der Waals surface area contributed by atoms with E-state index in [1.807, 2.05) is 0 Å². The Kier molecular flexibility index (Phi) is 3.43. The highest BCUT2D eigenvalue weighted by atomic mass is 19.3. The number of hydrogen-bond donors (Lipinski definition) is 1. The number of terminal acetylenes is 1. The van der Waals surface area contributed by atoms with Crippen molar-refractivity contribution < 1.29 is 18.6 Å². The number of ether oxygens (including phenoxy) is 1. The van der Waals surface area contributed by atoms with Gasteiger partial charge in [0.05, 0.1) is 0 Å². The summed E-state index contributed by atoms with van der Waals surface area (Å²) in [6.07, 6.45) is 3.95. The number of aliphatic hydroxyl groups is 1. The molecular weight excluding hydrogens is 190 g/mol. The number of alkyl halides is 2. The SMILES string of the molecule is C#CC(O)c1ccc(OC(F)F)cc1. The summed E-state index contributed by atoms with van der Waals surface area (Å²) < 4.78 is 27.6. The van der Waals surface area contributed by atoms with Crippen LogP contribution in [0.1, 0.15) is 11.7 Å². The molecule has 0 spiro atoms. The monoisotopic (exact) mass is 198 g/mol. The topological polar surface area (TPSA) is 29.5 Å². The Bertz CT molecular complexity index is 327. The van der Waals surface area contributed by atoms with E-state index in [0.717, 1.165) is 0 Å². The molecule has 0 amide bonds. The summed E-state index contributed by atoms with van der Waals surface area (Å²) in [6.45, 7) is -2.85. The van der Waals surface area contributed by atoms with Gasteiger partial charge in [-0.25, -0.2) is 0 Å². The molecule has 0 saturated carbocycles. The third-order valence-corrected chi connectivity index (χ3v) is 1.58. The molecule has 14 heavy (non-hydrogen) atoms. The lowest BCUT2D eigenvalue weighted by Gasteiger charge is -2.06. The van der Waals surface area contributed by atoms with E-state index in [1.165, 1.54) is 24.3 Å². The fraction of sp³-hybridized carbons (Fsp3) is 0.200. The van der Waals surface area contributed by atoms with Crippen molar-refractivity contribution in [3.05, 3.63) is 29.8 Å². The Labute approximate surface area is 80.1 Å². The van der Waals surface area contributed by atoms with Crippen LogP contribution in [-0.4, -0.2) is 11.7 Å². The van der Waals surface area contributed by atoms with Crippen molar-refractivity contribution >= 4 is 0 Å². The standard InChI is InChI=1S/C10H8F2O2/c1-2-9(13)7-3-5-8(6-4-7)14-10(11)12/h1,3-6,9-10,13H. The van der Waals surface area contributed by atoms with E-state index in [4.69, 9.17) is 6.42 Å². The predicted octanol–water partition coefficient (Wildman–Crippen LogP) is 1.95. The second-order valence-corrected chi connectivity index (χ2v) is 2.52. The fourth-order valence-corrected chi connectivity index (χ4v) is 0.928. The molecule has 74 valence electrons. The number of benzene rings is 1. The molecule has 0 aliphatic rings. The van der Waals surface area contributed by atoms with Crippen LogP contribution in [0.3, 0.4) is 0 Å². The smallest absolute Gasteiger partial charge is 0.387 e. The minimum atomic E-state index is -2.85. The van der Waals surface area contributed by atoms with Crippen molar-refractivity contribution in [2.75, 3.05) is 0 Å². The molecule has 1 N–H and O–H groups in total. The van der Waals surface area contributed by atoms with E-state index in [0.29, 0.717) is 5.56 Å². The van der Waals surface area contributed by atoms with E-state index in [2.05, 4.69) is 10.7 Å². The molecular formula is C10H8F2O2. The van der Waals surface area contributed by atoms with Crippen LogP contribution >= 0.6 is 0 Å². The first-order valence-corrected chi connectivity index (χ1v) is 3.82. The zero-order chi connectivity index (χ0) is 10.6. The maximum Gasteiger partial charge on any atom is 0.387 e. The Morgan fingerprint density at radius 2 is 1.86 bits per heavy atom. The van der Waals surface area contributed by atoms with Crippen molar-refractivity contribution in [2.45, 2.75) is 12.7 Å². The number of rotatable bonds is 3. The van der Waals surface area contributed by atoms with Crippen LogP contribution < -0.4 is 4.74 Å². The van der Waals surface area contributed by atoms with Gasteiger partial charge in [-0.05, 0) is 17.7 Å². The van der Waals surface area contributed by atoms with Gasteiger partial charge in [-0.1, -0.05) is 18.1 Å². The van der Waals surface area contributed by atoms with Gasteiger partial charge in [0, 0.05) is 0 Å². The summed E-state index contributed by atoms with van der Waals surface area (Å²) in [6, 6.07) is 5.51. The first-order chi connectivity index (χ1) is 6.63. The van der Waals surface area contributed by atoms with Gasteiger partial charge >= 0.3 is 6.61 Å². The lowest BCUT2D eigenvalue weighted by atomic mass is 10.1. The van der Waals surface area contributed by atoms with Crippen LogP contribution in [0.25, 0.3) is 0 Å². The third-order valence-electron chi connectivity index (χ3n) is 1.58. The molecule has 1 aromatic rings. The Hall–Kier alpha value is -1.60. The van der Waals surface area contributed by atoms with E-state index in [-0.39, 0.29) is 5.75 Å². The van der Waals surface area contributed by atoms with Crippen molar-refractivity contribution in [3.8, 4) is 18.1 Å². The van der Waals surface area contributed by atoms with Crippen LogP contribution in [0, 0.1) is 12.3 Å². The van der Waals surface area contributed by atoms with E-state index in [9.17, 15) is 13.9 Å². The van der Waals surface area contributed by atoms with Gasteiger partial charge in [0.2, 0.25) is 0 Å².